The monoisotopic (exact) mass is 366 g/mol. The van der Waals surface area contributed by atoms with Gasteiger partial charge in [-0.2, -0.15) is 0 Å². The number of carbonyl (C=O) groups excluding carboxylic acids is 1. The quantitative estimate of drug-likeness (QED) is 0.707. The van der Waals surface area contributed by atoms with E-state index in [-0.39, 0.29) is 5.41 Å². The number of ketones is 1. The van der Waals surface area contributed by atoms with Crippen molar-refractivity contribution in [1.29, 1.82) is 0 Å². The number of thioether (sulfide) groups is 1. The fraction of sp³-hybridized carbons (Fsp3) is 0.550. The van der Waals surface area contributed by atoms with Gasteiger partial charge in [0.1, 0.15) is 5.78 Å². The van der Waals surface area contributed by atoms with Gasteiger partial charge in [-0.15, -0.1) is 5.10 Å². The van der Waals surface area contributed by atoms with Crippen molar-refractivity contribution in [2.75, 3.05) is 5.75 Å². The molecule has 0 saturated heterocycles. The summed E-state index contributed by atoms with van der Waals surface area (Å²) in [5.41, 5.74) is 1.98. The Morgan fingerprint density at radius 3 is 2.58 bits per heavy atom. The molecule has 0 aliphatic heterocycles. The molecule has 0 amide bonds. The van der Waals surface area contributed by atoms with Crippen LogP contribution < -0.4 is 0 Å². The Kier molecular flexibility index (Phi) is 3.14. The number of Topliss-reactive ketones (excluding diaryl/α,β-unsaturated/α-hetero) is 1. The summed E-state index contributed by atoms with van der Waals surface area (Å²) in [5, 5.41) is 8.26. The molecule has 4 fully saturated rings. The number of H-pyrrole nitrogens is 1. The minimum absolute atomic E-state index is 0.0197. The van der Waals surface area contributed by atoms with E-state index in [4.69, 9.17) is 0 Å². The highest BCUT2D eigenvalue weighted by atomic mass is 32.2. The first-order valence-corrected chi connectivity index (χ1v) is 10.7. The topological polar surface area (TPSA) is 63.0 Å². The number of hydrogen-bond acceptors (Lipinski definition) is 4. The Bertz CT molecular complexity index is 984. The van der Waals surface area contributed by atoms with Crippen molar-refractivity contribution in [2.45, 2.75) is 43.7 Å². The van der Waals surface area contributed by atoms with Gasteiger partial charge in [0.15, 0.2) is 5.16 Å². The summed E-state index contributed by atoms with van der Waals surface area (Å²) in [7, 11) is 0. The fourth-order valence-electron chi connectivity index (χ4n) is 6.27. The van der Waals surface area contributed by atoms with Gasteiger partial charge in [-0.3, -0.25) is 9.20 Å². The van der Waals surface area contributed by atoms with Crippen molar-refractivity contribution >= 4 is 34.4 Å². The van der Waals surface area contributed by atoms with Gasteiger partial charge in [-0.1, -0.05) is 23.9 Å². The van der Waals surface area contributed by atoms with Crippen molar-refractivity contribution in [1.82, 2.24) is 19.6 Å². The van der Waals surface area contributed by atoms with Crippen LogP contribution in [0.15, 0.2) is 29.4 Å². The smallest absolute Gasteiger partial charge is 0.231 e. The van der Waals surface area contributed by atoms with Crippen LogP contribution in [0.2, 0.25) is 0 Å². The van der Waals surface area contributed by atoms with Gasteiger partial charge in [-0.05, 0) is 68.4 Å². The highest BCUT2D eigenvalue weighted by Crippen LogP contribution is 2.60. The SMILES string of the molecule is O=C(CSc1n[nH]c2nc3ccccc3n12)C12CC3CC(CC(C3)C1)C2. The molecule has 4 bridgehead atoms. The Morgan fingerprint density at radius 2 is 1.85 bits per heavy atom. The van der Waals surface area contributed by atoms with Crippen LogP contribution in [0, 0.1) is 23.2 Å². The zero-order chi connectivity index (χ0) is 17.3. The van der Waals surface area contributed by atoms with Crippen LogP contribution >= 0.6 is 11.8 Å². The molecule has 0 radical (unpaired) electrons. The first-order valence-electron chi connectivity index (χ1n) is 9.68. The molecule has 0 unspecified atom stereocenters. The summed E-state index contributed by atoms with van der Waals surface area (Å²) in [5.74, 6) is 4.16. The number of nitrogens with zero attached hydrogens (tertiary/aromatic N) is 3. The maximum atomic E-state index is 13.2. The molecule has 1 N–H and O–H groups in total. The predicted octanol–water partition coefficient (Wildman–Crippen LogP) is 4.09. The van der Waals surface area contributed by atoms with Crippen molar-refractivity contribution in [3.8, 4) is 0 Å². The zero-order valence-electron chi connectivity index (χ0n) is 14.6. The summed E-state index contributed by atoms with van der Waals surface area (Å²) in [6, 6.07) is 8.06. The van der Waals surface area contributed by atoms with Crippen LogP contribution in [0.5, 0.6) is 0 Å². The average molecular weight is 366 g/mol. The minimum Gasteiger partial charge on any atom is -0.298 e. The van der Waals surface area contributed by atoms with Crippen LogP contribution in [-0.2, 0) is 4.79 Å². The highest BCUT2D eigenvalue weighted by Gasteiger charge is 2.54. The summed E-state index contributed by atoms with van der Waals surface area (Å²) in [6.45, 7) is 0. The van der Waals surface area contributed by atoms with E-state index >= 15 is 0 Å². The molecule has 2 heterocycles. The standard InChI is InChI=1S/C20H22N4OS/c25-17(20-8-12-5-13(9-20)7-14(6-12)10-20)11-26-19-23-22-18-21-15-3-1-2-4-16(15)24(18)19/h1-4,12-14H,5-11H2,(H,21,22). The van der Waals surface area contributed by atoms with E-state index in [0.717, 1.165) is 59.0 Å². The summed E-state index contributed by atoms with van der Waals surface area (Å²) in [6.07, 6.45) is 7.55. The fourth-order valence-corrected chi connectivity index (χ4v) is 7.27. The van der Waals surface area contributed by atoms with Gasteiger partial charge >= 0.3 is 0 Å². The molecule has 2 aromatic heterocycles. The molecular weight excluding hydrogens is 344 g/mol. The number of fused-ring (bicyclic) bond motifs is 3. The molecule has 0 atom stereocenters. The molecule has 134 valence electrons. The van der Waals surface area contributed by atoms with Crippen molar-refractivity contribution < 1.29 is 4.79 Å². The molecule has 3 aromatic rings. The minimum atomic E-state index is -0.0197. The van der Waals surface area contributed by atoms with Gasteiger partial charge in [0, 0.05) is 5.41 Å². The second kappa shape index (κ2) is 5.35. The molecule has 4 aliphatic carbocycles. The second-order valence-electron chi connectivity index (χ2n) is 8.68. The van der Waals surface area contributed by atoms with Crippen molar-refractivity contribution in [3.63, 3.8) is 0 Å². The van der Waals surface area contributed by atoms with E-state index in [1.807, 2.05) is 22.6 Å². The van der Waals surface area contributed by atoms with Crippen LogP contribution in [0.3, 0.4) is 0 Å². The summed E-state index contributed by atoms with van der Waals surface area (Å²) < 4.78 is 2.03. The Hall–Kier alpha value is -1.82. The molecule has 4 saturated carbocycles. The van der Waals surface area contributed by atoms with Crippen molar-refractivity contribution in [2.24, 2.45) is 23.2 Å². The molecule has 1 aromatic carbocycles. The lowest BCUT2D eigenvalue weighted by molar-refractivity contribution is -0.141. The van der Waals surface area contributed by atoms with E-state index in [1.54, 1.807) is 11.8 Å². The van der Waals surface area contributed by atoms with E-state index in [1.165, 1.54) is 19.3 Å². The number of aromatic nitrogens is 4. The van der Waals surface area contributed by atoms with E-state index in [9.17, 15) is 4.79 Å². The molecule has 26 heavy (non-hydrogen) atoms. The Morgan fingerprint density at radius 1 is 1.15 bits per heavy atom. The highest BCUT2D eigenvalue weighted by molar-refractivity contribution is 7.99. The first-order chi connectivity index (χ1) is 12.7. The third-order valence-electron chi connectivity index (χ3n) is 6.97. The second-order valence-corrected chi connectivity index (χ2v) is 9.62. The lowest BCUT2D eigenvalue weighted by atomic mass is 9.48. The van der Waals surface area contributed by atoms with Crippen LogP contribution in [-0.4, -0.2) is 31.1 Å². The molecule has 7 rings (SSSR count). The van der Waals surface area contributed by atoms with Crippen LogP contribution in [0.4, 0.5) is 0 Å². The largest absolute Gasteiger partial charge is 0.298 e. The van der Waals surface area contributed by atoms with Crippen LogP contribution in [0.25, 0.3) is 16.8 Å². The third-order valence-corrected chi connectivity index (χ3v) is 7.90. The van der Waals surface area contributed by atoms with E-state index in [2.05, 4.69) is 21.2 Å². The number of benzene rings is 1. The van der Waals surface area contributed by atoms with Gasteiger partial charge in [0.25, 0.3) is 0 Å². The van der Waals surface area contributed by atoms with Crippen LogP contribution in [0.1, 0.15) is 38.5 Å². The molecule has 5 nitrogen and oxygen atoms in total. The number of nitrogens with one attached hydrogen (secondary N) is 1. The number of para-hydroxylation sites is 2. The predicted molar refractivity (Wildman–Crippen MR) is 101 cm³/mol. The van der Waals surface area contributed by atoms with Gasteiger partial charge < -0.3 is 0 Å². The summed E-state index contributed by atoms with van der Waals surface area (Å²) >= 11 is 1.56. The van der Waals surface area contributed by atoms with Gasteiger partial charge in [0.05, 0.1) is 16.8 Å². The maximum absolute atomic E-state index is 13.2. The Balaban J connectivity index is 1.27. The number of imidazole rings is 1. The van der Waals surface area contributed by atoms with Gasteiger partial charge in [-0.25, -0.2) is 10.1 Å². The third kappa shape index (κ3) is 2.14. The number of hydrogen-bond donors (Lipinski definition) is 1. The van der Waals surface area contributed by atoms with Crippen molar-refractivity contribution in [3.05, 3.63) is 24.3 Å². The number of aromatic amines is 1. The van der Waals surface area contributed by atoms with E-state index in [0.29, 0.717) is 11.5 Å². The first kappa shape index (κ1) is 15.3. The number of rotatable bonds is 4. The lowest BCUT2D eigenvalue weighted by Crippen LogP contribution is -2.50. The lowest BCUT2D eigenvalue weighted by Gasteiger charge is -2.56. The summed E-state index contributed by atoms with van der Waals surface area (Å²) in [4.78, 5) is 17.8. The Labute approximate surface area is 155 Å². The average Bonchev–Trinajstić information content (AvgIpc) is 3.17. The van der Waals surface area contributed by atoms with Gasteiger partial charge in [0.2, 0.25) is 5.78 Å². The molecule has 0 spiro atoms. The van der Waals surface area contributed by atoms with E-state index < -0.39 is 0 Å². The zero-order valence-corrected chi connectivity index (χ0v) is 15.5. The number of carbonyl (C=O) groups is 1. The molecule has 4 aliphatic rings. The molecular formula is C20H22N4OS. The normalized spacial score (nSPS) is 32.7. The maximum Gasteiger partial charge on any atom is 0.231 e. The molecule has 6 heteroatoms.